The maximum atomic E-state index is 13.2. The molecule has 3 nitrogen and oxygen atoms in total. The highest BCUT2D eigenvalue weighted by molar-refractivity contribution is 6.34. The number of para-hydroxylation sites is 1. The van der Waals surface area contributed by atoms with Crippen LogP contribution in [0.3, 0.4) is 0 Å². The van der Waals surface area contributed by atoms with Gasteiger partial charge < -0.3 is 0 Å². The van der Waals surface area contributed by atoms with Crippen LogP contribution in [0.1, 0.15) is 5.56 Å². The number of carbonyl (C=O) groups is 1. The van der Waals surface area contributed by atoms with Crippen molar-refractivity contribution in [3.8, 4) is 0 Å². The van der Waals surface area contributed by atoms with Crippen LogP contribution in [0.2, 0.25) is 0 Å². The Labute approximate surface area is 134 Å². The molecule has 0 spiro atoms. The Morgan fingerprint density at radius 2 is 1.58 bits per heavy atom. The van der Waals surface area contributed by atoms with E-state index in [0.717, 1.165) is 18.2 Å². The monoisotopic (exact) mass is 334 g/mol. The van der Waals surface area contributed by atoms with E-state index in [4.69, 9.17) is 0 Å². The molecule has 1 amide bonds. The van der Waals surface area contributed by atoms with Gasteiger partial charge in [-0.05, 0) is 35.9 Å². The number of nitrogens with zero attached hydrogens (tertiary/aromatic N) is 2. The molecule has 1 heterocycles. The fourth-order valence-corrected chi connectivity index (χ4v) is 2.22. The second-order valence-electron chi connectivity index (χ2n) is 5.01. The summed E-state index contributed by atoms with van der Waals surface area (Å²) in [6, 6.07) is 12.6. The highest BCUT2D eigenvalue weighted by Crippen LogP contribution is 2.32. The van der Waals surface area contributed by atoms with E-state index in [2.05, 4.69) is 5.10 Å². The van der Waals surface area contributed by atoms with Gasteiger partial charge in [0.2, 0.25) is 0 Å². The van der Waals surface area contributed by atoms with E-state index in [0.29, 0.717) is 5.01 Å². The lowest BCUT2D eigenvalue weighted by atomic mass is 10.1. The van der Waals surface area contributed by atoms with Crippen molar-refractivity contribution in [2.75, 3.05) is 5.01 Å². The SMILES string of the molecule is O=C1/C(=C\c2ccc(F)cc2)C(C(F)(F)F)=NN1c1ccccc1. The van der Waals surface area contributed by atoms with E-state index in [1.807, 2.05) is 0 Å². The van der Waals surface area contributed by atoms with Crippen molar-refractivity contribution >= 4 is 23.4 Å². The number of halogens is 4. The predicted molar refractivity (Wildman–Crippen MR) is 81.8 cm³/mol. The molecule has 0 bridgehead atoms. The third-order valence-corrected chi connectivity index (χ3v) is 3.33. The van der Waals surface area contributed by atoms with Crippen molar-refractivity contribution in [1.82, 2.24) is 0 Å². The molecule has 3 rings (SSSR count). The summed E-state index contributed by atoms with van der Waals surface area (Å²) in [5.41, 5.74) is -1.36. The molecule has 0 saturated carbocycles. The number of hydrogen-bond acceptors (Lipinski definition) is 2. The molecule has 2 aromatic carbocycles. The highest BCUT2D eigenvalue weighted by Gasteiger charge is 2.46. The normalized spacial score (nSPS) is 16.7. The van der Waals surface area contributed by atoms with Gasteiger partial charge in [-0.1, -0.05) is 30.3 Å². The van der Waals surface area contributed by atoms with E-state index in [1.165, 1.54) is 24.3 Å². The Kier molecular flexibility index (Phi) is 3.92. The summed E-state index contributed by atoms with van der Waals surface area (Å²) in [6.07, 6.45) is -3.73. The number of amides is 1. The lowest BCUT2D eigenvalue weighted by Crippen LogP contribution is -2.25. The number of anilines is 1. The Balaban J connectivity index is 2.06. The van der Waals surface area contributed by atoms with Gasteiger partial charge in [0.25, 0.3) is 5.91 Å². The lowest BCUT2D eigenvalue weighted by Gasteiger charge is -2.10. The van der Waals surface area contributed by atoms with E-state index >= 15 is 0 Å². The number of rotatable bonds is 2. The lowest BCUT2D eigenvalue weighted by molar-refractivity contribution is -0.114. The number of hydrazone groups is 1. The van der Waals surface area contributed by atoms with Gasteiger partial charge in [-0.25, -0.2) is 4.39 Å². The van der Waals surface area contributed by atoms with Crippen LogP contribution in [0.15, 0.2) is 65.3 Å². The molecule has 0 N–H and O–H groups in total. The Hall–Kier alpha value is -2.96. The molecule has 0 radical (unpaired) electrons. The van der Waals surface area contributed by atoms with Crippen LogP contribution in [-0.4, -0.2) is 17.8 Å². The summed E-state index contributed by atoms with van der Waals surface area (Å²) in [4.78, 5) is 12.4. The maximum Gasteiger partial charge on any atom is 0.435 e. The van der Waals surface area contributed by atoms with Gasteiger partial charge in [0.05, 0.1) is 11.3 Å². The summed E-state index contributed by atoms with van der Waals surface area (Å²) in [5, 5.41) is 4.15. The van der Waals surface area contributed by atoms with Crippen LogP contribution in [0.4, 0.5) is 23.2 Å². The number of hydrogen-bond donors (Lipinski definition) is 0. The van der Waals surface area contributed by atoms with E-state index in [1.54, 1.807) is 18.2 Å². The van der Waals surface area contributed by atoms with Gasteiger partial charge in [0, 0.05) is 0 Å². The molecule has 0 aromatic heterocycles. The van der Waals surface area contributed by atoms with Crippen molar-refractivity contribution in [3.63, 3.8) is 0 Å². The van der Waals surface area contributed by atoms with Crippen LogP contribution in [0, 0.1) is 5.82 Å². The second-order valence-corrected chi connectivity index (χ2v) is 5.01. The number of carbonyl (C=O) groups excluding carboxylic acids is 1. The summed E-state index contributed by atoms with van der Waals surface area (Å²) in [5.74, 6) is -1.41. The molecular formula is C17H10F4N2O. The largest absolute Gasteiger partial charge is 0.435 e. The molecular weight excluding hydrogens is 324 g/mol. The quantitative estimate of drug-likeness (QED) is 0.599. The third-order valence-electron chi connectivity index (χ3n) is 3.33. The standard InChI is InChI=1S/C17H10F4N2O/c18-12-8-6-11(7-9-12)10-14-15(17(19,20)21)22-23(16(14)24)13-4-2-1-3-5-13/h1-10H/b14-10-. The fraction of sp³-hybridized carbons (Fsp3) is 0.0588. The van der Waals surface area contributed by atoms with Gasteiger partial charge in [0.1, 0.15) is 5.82 Å². The average molecular weight is 334 g/mol. The summed E-state index contributed by atoms with van der Waals surface area (Å²) < 4.78 is 52.6. The van der Waals surface area contributed by atoms with E-state index in [9.17, 15) is 22.4 Å². The van der Waals surface area contributed by atoms with Crippen molar-refractivity contribution in [2.45, 2.75) is 6.18 Å². The number of benzene rings is 2. The van der Waals surface area contributed by atoms with Gasteiger partial charge >= 0.3 is 6.18 Å². The molecule has 0 saturated heterocycles. The van der Waals surface area contributed by atoms with Crippen LogP contribution in [0.5, 0.6) is 0 Å². The molecule has 0 atom stereocenters. The van der Waals surface area contributed by atoms with Crippen LogP contribution < -0.4 is 5.01 Å². The minimum atomic E-state index is -4.79. The van der Waals surface area contributed by atoms with Crippen molar-refractivity contribution in [1.29, 1.82) is 0 Å². The molecule has 0 aliphatic carbocycles. The first-order valence-electron chi connectivity index (χ1n) is 6.89. The molecule has 7 heteroatoms. The molecule has 1 aliphatic heterocycles. The van der Waals surface area contributed by atoms with Crippen molar-refractivity contribution < 1.29 is 22.4 Å². The van der Waals surface area contributed by atoms with Gasteiger partial charge in [-0.3, -0.25) is 4.79 Å². The fourth-order valence-electron chi connectivity index (χ4n) is 2.22. The first-order chi connectivity index (χ1) is 11.4. The zero-order chi connectivity index (χ0) is 17.3. The summed E-state index contributed by atoms with van der Waals surface area (Å²) in [7, 11) is 0. The third kappa shape index (κ3) is 3.05. The number of alkyl halides is 3. The smallest absolute Gasteiger partial charge is 0.267 e. The molecule has 122 valence electrons. The zero-order valence-corrected chi connectivity index (χ0v) is 12.1. The van der Waals surface area contributed by atoms with Crippen LogP contribution in [0.25, 0.3) is 6.08 Å². The van der Waals surface area contributed by atoms with Gasteiger partial charge in [-0.15, -0.1) is 0 Å². The minimum absolute atomic E-state index is 0.228. The Bertz CT molecular complexity index is 824. The van der Waals surface area contributed by atoms with E-state index in [-0.39, 0.29) is 11.3 Å². The topological polar surface area (TPSA) is 32.7 Å². The van der Waals surface area contributed by atoms with Gasteiger partial charge in [0.15, 0.2) is 5.71 Å². The molecule has 2 aromatic rings. The maximum absolute atomic E-state index is 13.2. The Morgan fingerprint density at radius 1 is 0.958 bits per heavy atom. The van der Waals surface area contributed by atoms with Crippen molar-refractivity contribution in [3.05, 3.63) is 71.6 Å². The minimum Gasteiger partial charge on any atom is -0.267 e. The van der Waals surface area contributed by atoms with Gasteiger partial charge in [-0.2, -0.15) is 23.3 Å². The first-order valence-corrected chi connectivity index (χ1v) is 6.89. The van der Waals surface area contributed by atoms with Crippen LogP contribution in [-0.2, 0) is 4.79 Å². The first kappa shape index (κ1) is 15.9. The molecule has 0 unspecified atom stereocenters. The summed E-state index contributed by atoms with van der Waals surface area (Å²) >= 11 is 0. The predicted octanol–water partition coefficient (Wildman–Crippen LogP) is 4.17. The second kappa shape index (κ2) is 5.92. The zero-order valence-electron chi connectivity index (χ0n) is 12.1. The van der Waals surface area contributed by atoms with Crippen LogP contribution >= 0.6 is 0 Å². The summed E-state index contributed by atoms with van der Waals surface area (Å²) in [6.45, 7) is 0. The van der Waals surface area contributed by atoms with E-state index < -0.39 is 29.2 Å². The molecule has 0 fully saturated rings. The van der Waals surface area contributed by atoms with Crippen molar-refractivity contribution in [2.24, 2.45) is 5.10 Å². The highest BCUT2D eigenvalue weighted by atomic mass is 19.4. The Morgan fingerprint density at radius 3 is 2.17 bits per heavy atom. The average Bonchev–Trinajstić information content (AvgIpc) is 2.88. The molecule has 24 heavy (non-hydrogen) atoms. The molecule has 1 aliphatic rings.